The molecule has 2 aromatic carbocycles. The van der Waals surface area contributed by atoms with E-state index in [1.165, 1.54) is 11.1 Å². The largest absolute Gasteiger partial charge is 0.370 e. The maximum atomic E-state index is 14.0. The molecule has 40 heavy (non-hydrogen) atoms. The van der Waals surface area contributed by atoms with E-state index in [0.29, 0.717) is 36.4 Å². The lowest BCUT2D eigenvalue weighted by molar-refractivity contribution is -0.118. The van der Waals surface area contributed by atoms with Gasteiger partial charge in [-0.1, -0.05) is 24.3 Å². The number of para-hydroxylation sites is 1. The number of thiophene rings is 1. The molecular weight excluding hydrogens is 523 g/mol. The van der Waals surface area contributed by atoms with Gasteiger partial charge in [0, 0.05) is 50.1 Å². The zero-order valence-corrected chi connectivity index (χ0v) is 23.4. The molecule has 0 saturated carbocycles. The highest BCUT2D eigenvalue weighted by Crippen LogP contribution is 2.37. The van der Waals surface area contributed by atoms with Crippen molar-refractivity contribution in [2.45, 2.75) is 37.6 Å². The maximum absolute atomic E-state index is 14.0. The Morgan fingerprint density at radius 1 is 0.975 bits per heavy atom. The molecule has 2 aliphatic heterocycles. The van der Waals surface area contributed by atoms with Gasteiger partial charge in [-0.25, -0.2) is 4.39 Å². The first-order valence-corrected chi connectivity index (χ1v) is 15.1. The zero-order chi connectivity index (χ0) is 27.6. The van der Waals surface area contributed by atoms with Crippen LogP contribution < -0.4 is 5.73 Å². The van der Waals surface area contributed by atoms with Crippen molar-refractivity contribution in [3.05, 3.63) is 94.1 Å². The highest BCUT2D eigenvalue weighted by atomic mass is 32.1. The summed E-state index contributed by atoms with van der Waals surface area (Å²) >= 11 is 1.71. The fourth-order valence-electron chi connectivity index (χ4n) is 6.62. The van der Waals surface area contributed by atoms with Crippen molar-refractivity contribution in [2.24, 2.45) is 11.7 Å². The van der Waals surface area contributed by atoms with E-state index in [1.54, 1.807) is 23.5 Å². The Hall–Kier alpha value is -3.49. The van der Waals surface area contributed by atoms with E-state index >= 15 is 0 Å². The summed E-state index contributed by atoms with van der Waals surface area (Å²) in [7, 11) is 0. The van der Waals surface area contributed by atoms with Crippen molar-refractivity contribution in [3.8, 4) is 0 Å². The van der Waals surface area contributed by atoms with E-state index in [9.17, 15) is 14.0 Å². The predicted octanol–water partition coefficient (Wildman–Crippen LogP) is 5.45. The van der Waals surface area contributed by atoms with Crippen LogP contribution in [0.3, 0.4) is 0 Å². The number of primary amides is 1. The van der Waals surface area contributed by atoms with Gasteiger partial charge in [-0.3, -0.25) is 9.59 Å². The summed E-state index contributed by atoms with van der Waals surface area (Å²) in [6.45, 7) is 4.85. The number of carbonyl (C=O) groups excluding carboxylic acids is 2. The molecule has 2 fully saturated rings. The normalized spacial score (nSPS) is 20.4. The summed E-state index contributed by atoms with van der Waals surface area (Å²) < 4.78 is 15.4. The standard InChI is InChI=1S/C32H35FN4O2S/c33-27-6-4-22(5-7-27)23-8-13-35(14-9-23)18-26-19-37(20-29(26)25-12-17-40-21-25)32(39)28-3-1-2-24-10-15-36(31(24)28)16-11-30(34)38/h1-7,10,12,15,17,21,23,26,29H,8-9,11,13-14,16,18-20H2,(H2,34,38). The minimum atomic E-state index is -0.353. The summed E-state index contributed by atoms with van der Waals surface area (Å²) in [4.78, 5) is 30.0. The van der Waals surface area contributed by atoms with Crippen molar-refractivity contribution >= 4 is 34.1 Å². The van der Waals surface area contributed by atoms with Crippen LogP contribution in [-0.4, -0.2) is 58.9 Å². The number of aryl methyl sites for hydroxylation is 1. The molecule has 4 heterocycles. The van der Waals surface area contributed by atoms with Crippen molar-refractivity contribution in [1.82, 2.24) is 14.4 Å². The van der Waals surface area contributed by atoms with Crippen LogP contribution in [0.2, 0.25) is 0 Å². The molecule has 6 rings (SSSR count). The summed E-state index contributed by atoms with van der Waals surface area (Å²) in [5.41, 5.74) is 9.49. The minimum absolute atomic E-state index is 0.0439. The van der Waals surface area contributed by atoms with E-state index in [4.69, 9.17) is 5.73 Å². The molecule has 2 unspecified atom stereocenters. The van der Waals surface area contributed by atoms with Crippen LogP contribution in [0.15, 0.2) is 71.6 Å². The van der Waals surface area contributed by atoms with Crippen molar-refractivity contribution < 1.29 is 14.0 Å². The number of nitrogens with zero attached hydrogens (tertiary/aromatic N) is 3. The summed E-state index contributed by atoms with van der Waals surface area (Å²) in [5.74, 6) is 0.622. The van der Waals surface area contributed by atoms with E-state index in [2.05, 4.69) is 21.7 Å². The highest BCUT2D eigenvalue weighted by Gasteiger charge is 2.38. The lowest BCUT2D eigenvalue weighted by Crippen LogP contribution is -2.38. The van der Waals surface area contributed by atoms with Gasteiger partial charge in [0.15, 0.2) is 0 Å². The van der Waals surface area contributed by atoms with Crippen LogP contribution in [0.1, 0.15) is 52.6 Å². The minimum Gasteiger partial charge on any atom is -0.370 e. The van der Waals surface area contributed by atoms with Crippen molar-refractivity contribution in [1.29, 1.82) is 0 Å². The third-order valence-corrected chi connectivity index (χ3v) is 9.44. The van der Waals surface area contributed by atoms with E-state index in [-0.39, 0.29) is 24.1 Å². The highest BCUT2D eigenvalue weighted by molar-refractivity contribution is 7.08. The maximum Gasteiger partial charge on any atom is 0.256 e. The number of hydrogen-bond acceptors (Lipinski definition) is 4. The van der Waals surface area contributed by atoms with Gasteiger partial charge in [0.05, 0.1) is 11.1 Å². The average molecular weight is 559 g/mol. The average Bonchev–Trinajstić information content (AvgIpc) is 3.72. The molecule has 0 bridgehead atoms. The Morgan fingerprint density at radius 2 is 1.77 bits per heavy atom. The quantitative estimate of drug-likeness (QED) is 0.313. The molecular formula is C32H35FN4O2S. The Morgan fingerprint density at radius 3 is 2.50 bits per heavy atom. The molecule has 0 radical (unpaired) electrons. The number of benzene rings is 2. The molecule has 6 nitrogen and oxygen atoms in total. The van der Waals surface area contributed by atoms with Gasteiger partial charge in [-0.05, 0) is 90.0 Å². The monoisotopic (exact) mass is 558 g/mol. The van der Waals surface area contributed by atoms with E-state index in [1.807, 2.05) is 52.1 Å². The molecule has 2 aliphatic rings. The zero-order valence-electron chi connectivity index (χ0n) is 22.5. The first-order valence-electron chi connectivity index (χ1n) is 14.1. The molecule has 2 amide bonds. The second-order valence-corrected chi connectivity index (χ2v) is 12.0. The van der Waals surface area contributed by atoms with Crippen molar-refractivity contribution in [2.75, 3.05) is 32.7 Å². The Bertz CT molecular complexity index is 1470. The van der Waals surface area contributed by atoms with Gasteiger partial charge in [-0.15, -0.1) is 0 Å². The van der Waals surface area contributed by atoms with Gasteiger partial charge in [0.2, 0.25) is 5.91 Å². The van der Waals surface area contributed by atoms with Crippen LogP contribution in [-0.2, 0) is 11.3 Å². The second-order valence-electron chi connectivity index (χ2n) is 11.2. The lowest BCUT2D eigenvalue weighted by Gasteiger charge is -2.34. The van der Waals surface area contributed by atoms with Gasteiger partial charge >= 0.3 is 0 Å². The third kappa shape index (κ3) is 5.56. The molecule has 2 atom stereocenters. The smallest absolute Gasteiger partial charge is 0.256 e. The molecule has 0 spiro atoms. The van der Waals surface area contributed by atoms with Gasteiger partial charge < -0.3 is 20.1 Å². The van der Waals surface area contributed by atoms with Crippen LogP contribution >= 0.6 is 11.3 Å². The van der Waals surface area contributed by atoms with Crippen LogP contribution in [0.4, 0.5) is 4.39 Å². The summed E-state index contributed by atoms with van der Waals surface area (Å²) in [6, 6.07) is 17.0. The van der Waals surface area contributed by atoms with E-state index < -0.39 is 0 Å². The number of piperidine rings is 1. The van der Waals surface area contributed by atoms with Crippen molar-refractivity contribution in [3.63, 3.8) is 0 Å². The van der Waals surface area contributed by atoms with Gasteiger partial charge in [0.1, 0.15) is 5.82 Å². The number of halogens is 1. The predicted molar refractivity (Wildman–Crippen MR) is 157 cm³/mol. The Balaban J connectivity index is 1.18. The number of rotatable bonds is 8. The fourth-order valence-corrected chi connectivity index (χ4v) is 7.35. The molecule has 208 valence electrons. The van der Waals surface area contributed by atoms with E-state index in [0.717, 1.165) is 49.9 Å². The number of aromatic nitrogens is 1. The Labute approximate surface area is 238 Å². The number of carbonyl (C=O) groups is 2. The van der Waals surface area contributed by atoms with Gasteiger partial charge in [0.25, 0.3) is 5.91 Å². The molecule has 8 heteroatoms. The molecule has 0 aliphatic carbocycles. The van der Waals surface area contributed by atoms with Crippen LogP contribution in [0, 0.1) is 11.7 Å². The number of nitrogens with two attached hydrogens (primary N) is 1. The van der Waals surface area contributed by atoms with Gasteiger partial charge in [-0.2, -0.15) is 11.3 Å². The first kappa shape index (κ1) is 26.7. The Kier molecular flexibility index (Phi) is 7.71. The first-order chi connectivity index (χ1) is 19.5. The van der Waals surface area contributed by atoms with Crippen LogP contribution in [0.5, 0.6) is 0 Å². The SMILES string of the molecule is NC(=O)CCn1ccc2cccc(C(=O)N3CC(CN4CCC(c5ccc(F)cc5)CC4)C(c4ccsc4)C3)c21. The molecule has 2 N–H and O–H groups in total. The number of fused-ring (bicyclic) bond motifs is 1. The third-order valence-electron chi connectivity index (χ3n) is 8.74. The second kappa shape index (κ2) is 11.6. The molecule has 2 aromatic heterocycles. The number of amides is 2. The lowest BCUT2D eigenvalue weighted by atomic mass is 9.87. The number of hydrogen-bond donors (Lipinski definition) is 1. The molecule has 2 saturated heterocycles. The van der Waals surface area contributed by atoms with Crippen LogP contribution in [0.25, 0.3) is 10.9 Å². The topological polar surface area (TPSA) is 71.6 Å². The molecule has 4 aromatic rings. The number of likely N-dealkylation sites (tertiary alicyclic amines) is 2. The summed E-state index contributed by atoms with van der Waals surface area (Å²) in [6.07, 6.45) is 4.29. The fraction of sp³-hybridized carbons (Fsp3) is 0.375. The summed E-state index contributed by atoms with van der Waals surface area (Å²) in [5, 5.41) is 5.34.